The Kier molecular flexibility index (Phi) is 4.77. The van der Waals surface area contributed by atoms with Gasteiger partial charge < -0.3 is 9.64 Å². The van der Waals surface area contributed by atoms with E-state index >= 15 is 0 Å². The molecule has 1 fully saturated rings. The largest absolute Gasteiger partial charge is 0.490 e. The molecule has 0 radical (unpaired) electrons. The van der Waals surface area contributed by atoms with Crippen molar-refractivity contribution in [2.45, 2.75) is 38.7 Å². The van der Waals surface area contributed by atoms with E-state index < -0.39 is 0 Å². The van der Waals surface area contributed by atoms with Crippen molar-refractivity contribution in [2.75, 3.05) is 13.1 Å². The first-order valence-electron chi connectivity index (χ1n) is 6.89. The molecule has 3 nitrogen and oxygen atoms in total. The van der Waals surface area contributed by atoms with Gasteiger partial charge in [-0.15, -0.1) is 0 Å². The average Bonchev–Trinajstić information content (AvgIpc) is 2.42. The zero-order valence-corrected chi connectivity index (χ0v) is 11.3. The maximum atomic E-state index is 12.8. The maximum Gasteiger partial charge on any atom is 0.222 e. The Morgan fingerprint density at radius 2 is 1.95 bits per heavy atom. The molecule has 19 heavy (non-hydrogen) atoms. The number of carbonyl (C=O) groups is 1. The fourth-order valence-electron chi connectivity index (χ4n) is 2.30. The van der Waals surface area contributed by atoms with Crippen LogP contribution in [0.2, 0.25) is 0 Å². The fourth-order valence-corrected chi connectivity index (χ4v) is 2.30. The topological polar surface area (TPSA) is 29.5 Å². The number of rotatable bonds is 4. The van der Waals surface area contributed by atoms with Crippen LogP contribution in [0.1, 0.15) is 32.6 Å². The molecule has 0 N–H and O–H groups in total. The molecule has 1 aromatic rings. The molecule has 0 aromatic heterocycles. The van der Waals surface area contributed by atoms with E-state index in [-0.39, 0.29) is 17.8 Å². The Balaban J connectivity index is 1.80. The molecule has 1 aliphatic rings. The van der Waals surface area contributed by atoms with Crippen molar-refractivity contribution >= 4 is 5.91 Å². The number of hydrogen-bond donors (Lipinski definition) is 0. The van der Waals surface area contributed by atoms with Gasteiger partial charge >= 0.3 is 0 Å². The fraction of sp³-hybridized carbons (Fsp3) is 0.533. The summed E-state index contributed by atoms with van der Waals surface area (Å²) in [6, 6.07) is 6.08. The number of carbonyl (C=O) groups excluding carboxylic acids is 1. The minimum atomic E-state index is -0.257. The number of benzene rings is 1. The Morgan fingerprint density at radius 3 is 2.53 bits per heavy atom. The van der Waals surface area contributed by atoms with Gasteiger partial charge in [0.05, 0.1) is 0 Å². The Bertz CT molecular complexity index is 411. The Labute approximate surface area is 113 Å². The Morgan fingerprint density at radius 1 is 1.32 bits per heavy atom. The number of ether oxygens (including phenoxy) is 1. The lowest BCUT2D eigenvalue weighted by Crippen LogP contribution is -2.41. The van der Waals surface area contributed by atoms with Gasteiger partial charge in [-0.1, -0.05) is 6.92 Å². The van der Waals surface area contributed by atoms with E-state index in [2.05, 4.69) is 0 Å². The molecule has 1 aromatic carbocycles. The van der Waals surface area contributed by atoms with E-state index in [1.54, 1.807) is 12.1 Å². The SMILES string of the molecule is CCCC(=O)N1CCC(Oc2ccc(F)cc2)CC1. The molecule has 0 saturated carbocycles. The van der Waals surface area contributed by atoms with Crippen LogP contribution in [0.3, 0.4) is 0 Å². The average molecular weight is 265 g/mol. The first-order valence-corrected chi connectivity index (χ1v) is 6.89. The number of halogens is 1. The smallest absolute Gasteiger partial charge is 0.222 e. The summed E-state index contributed by atoms with van der Waals surface area (Å²) in [5, 5.41) is 0. The lowest BCUT2D eigenvalue weighted by molar-refractivity contribution is -0.133. The van der Waals surface area contributed by atoms with Crippen LogP contribution in [0, 0.1) is 5.82 Å². The minimum Gasteiger partial charge on any atom is -0.490 e. The second-order valence-corrected chi connectivity index (χ2v) is 4.90. The lowest BCUT2D eigenvalue weighted by Gasteiger charge is -2.32. The van der Waals surface area contributed by atoms with E-state index in [1.807, 2.05) is 11.8 Å². The molecule has 2 rings (SSSR count). The van der Waals surface area contributed by atoms with Crippen LogP contribution in [0.5, 0.6) is 5.75 Å². The molecular weight excluding hydrogens is 245 g/mol. The highest BCUT2D eigenvalue weighted by Crippen LogP contribution is 2.19. The van der Waals surface area contributed by atoms with Crippen LogP contribution in [0.15, 0.2) is 24.3 Å². The van der Waals surface area contributed by atoms with Crippen molar-refractivity contribution in [3.63, 3.8) is 0 Å². The van der Waals surface area contributed by atoms with Gasteiger partial charge in [-0.25, -0.2) is 4.39 Å². The quantitative estimate of drug-likeness (QED) is 0.837. The molecule has 1 aliphatic heterocycles. The predicted molar refractivity (Wildman–Crippen MR) is 71.5 cm³/mol. The van der Waals surface area contributed by atoms with Crippen molar-refractivity contribution in [2.24, 2.45) is 0 Å². The van der Waals surface area contributed by atoms with E-state index in [0.717, 1.165) is 32.4 Å². The third-order valence-corrected chi connectivity index (χ3v) is 3.37. The molecule has 104 valence electrons. The molecule has 0 spiro atoms. The van der Waals surface area contributed by atoms with Gasteiger partial charge in [0, 0.05) is 32.4 Å². The summed E-state index contributed by atoms with van der Waals surface area (Å²) in [6.07, 6.45) is 3.32. The van der Waals surface area contributed by atoms with Gasteiger partial charge in [0.2, 0.25) is 5.91 Å². The van der Waals surface area contributed by atoms with Gasteiger partial charge in [0.15, 0.2) is 0 Å². The number of nitrogens with zero attached hydrogens (tertiary/aromatic N) is 1. The second-order valence-electron chi connectivity index (χ2n) is 4.90. The molecule has 1 saturated heterocycles. The Hall–Kier alpha value is -1.58. The van der Waals surface area contributed by atoms with Crippen molar-refractivity contribution in [1.29, 1.82) is 0 Å². The van der Waals surface area contributed by atoms with Gasteiger partial charge in [-0.2, -0.15) is 0 Å². The summed E-state index contributed by atoms with van der Waals surface area (Å²) < 4.78 is 18.6. The van der Waals surface area contributed by atoms with Crippen LogP contribution in [0.4, 0.5) is 4.39 Å². The van der Waals surface area contributed by atoms with Crippen molar-refractivity contribution in [3.05, 3.63) is 30.1 Å². The highest BCUT2D eigenvalue weighted by Gasteiger charge is 2.23. The van der Waals surface area contributed by atoms with Crippen molar-refractivity contribution in [1.82, 2.24) is 4.90 Å². The standard InChI is InChI=1S/C15H20FNO2/c1-2-3-15(18)17-10-8-14(9-11-17)19-13-6-4-12(16)5-7-13/h4-7,14H,2-3,8-11H2,1H3. The van der Waals surface area contributed by atoms with E-state index in [9.17, 15) is 9.18 Å². The van der Waals surface area contributed by atoms with Crippen LogP contribution in [-0.2, 0) is 4.79 Å². The molecule has 0 unspecified atom stereocenters. The predicted octanol–water partition coefficient (Wildman–Crippen LogP) is 3.00. The normalized spacial score (nSPS) is 16.4. The van der Waals surface area contributed by atoms with E-state index in [0.29, 0.717) is 12.2 Å². The third-order valence-electron chi connectivity index (χ3n) is 3.37. The summed E-state index contributed by atoms with van der Waals surface area (Å²) in [6.45, 7) is 3.53. The number of amides is 1. The second kappa shape index (κ2) is 6.55. The zero-order chi connectivity index (χ0) is 13.7. The van der Waals surface area contributed by atoms with Crippen LogP contribution in [-0.4, -0.2) is 30.0 Å². The lowest BCUT2D eigenvalue weighted by atomic mass is 10.1. The molecule has 0 atom stereocenters. The first-order chi connectivity index (χ1) is 9.19. The highest BCUT2D eigenvalue weighted by atomic mass is 19.1. The number of hydrogen-bond acceptors (Lipinski definition) is 2. The van der Waals surface area contributed by atoms with Crippen LogP contribution in [0.25, 0.3) is 0 Å². The van der Waals surface area contributed by atoms with E-state index in [4.69, 9.17) is 4.74 Å². The molecule has 0 aliphatic carbocycles. The molecule has 0 bridgehead atoms. The molecule has 1 amide bonds. The zero-order valence-electron chi connectivity index (χ0n) is 11.3. The van der Waals surface area contributed by atoms with Crippen LogP contribution >= 0.6 is 0 Å². The summed E-state index contributed by atoms with van der Waals surface area (Å²) in [7, 11) is 0. The van der Waals surface area contributed by atoms with Gasteiger partial charge in [0.1, 0.15) is 17.7 Å². The summed E-state index contributed by atoms with van der Waals surface area (Å²) >= 11 is 0. The van der Waals surface area contributed by atoms with Crippen molar-refractivity contribution in [3.8, 4) is 5.75 Å². The minimum absolute atomic E-state index is 0.121. The van der Waals surface area contributed by atoms with Gasteiger partial charge in [-0.05, 0) is 30.7 Å². The van der Waals surface area contributed by atoms with E-state index in [1.165, 1.54) is 12.1 Å². The highest BCUT2D eigenvalue weighted by molar-refractivity contribution is 5.76. The number of likely N-dealkylation sites (tertiary alicyclic amines) is 1. The first kappa shape index (κ1) is 13.8. The molecule has 1 heterocycles. The molecule has 4 heteroatoms. The maximum absolute atomic E-state index is 12.8. The third kappa shape index (κ3) is 3.94. The van der Waals surface area contributed by atoms with Crippen molar-refractivity contribution < 1.29 is 13.9 Å². The monoisotopic (exact) mass is 265 g/mol. The van der Waals surface area contributed by atoms with Crippen LogP contribution < -0.4 is 4.74 Å². The summed E-state index contributed by atoms with van der Waals surface area (Å²) in [5.74, 6) is 0.676. The number of piperidine rings is 1. The molecular formula is C15H20FNO2. The summed E-state index contributed by atoms with van der Waals surface area (Å²) in [4.78, 5) is 13.7. The van der Waals surface area contributed by atoms with Gasteiger partial charge in [-0.3, -0.25) is 4.79 Å². The van der Waals surface area contributed by atoms with Gasteiger partial charge in [0.25, 0.3) is 0 Å². The summed E-state index contributed by atoms with van der Waals surface area (Å²) in [5.41, 5.74) is 0.